The molecular formula is C17H28N2S. The van der Waals surface area contributed by atoms with Crippen LogP contribution in [0.25, 0.3) is 0 Å². The molecule has 4 unspecified atom stereocenters. The maximum atomic E-state index is 5.81. The van der Waals surface area contributed by atoms with Crippen molar-refractivity contribution in [2.24, 2.45) is 23.6 Å². The third-order valence-electron chi connectivity index (χ3n) is 4.84. The lowest BCUT2D eigenvalue weighted by molar-refractivity contribution is 0.179. The normalized spacial score (nSPS) is 28.3. The Morgan fingerprint density at radius 2 is 2.10 bits per heavy atom. The van der Waals surface area contributed by atoms with Crippen LogP contribution in [0.4, 0.5) is 0 Å². The third-order valence-corrected chi connectivity index (χ3v) is 5.95. The summed E-state index contributed by atoms with van der Waals surface area (Å²) < 4.78 is 0. The highest BCUT2D eigenvalue weighted by molar-refractivity contribution is 7.99. The predicted octanol–water partition coefficient (Wildman–Crippen LogP) is 3.99. The molecule has 0 radical (unpaired) electrons. The van der Waals surface area contributed by atoms with E-state index in [-0.39, 0.29) is 0 Å². The Balaban J connectivity index is 1.89. The van der Waals surface area contributed by atoms with Crippen molar-refractivity contribution in [3.05, 3.63) is 29.8 Å². The standard InChI is InChI=1S/C17H28N2S/c1-12-5-4-6-16(9-12)20-11-17(19-18)15-8-7-13(2)14(3)10-15/h4-6,9,13-15,17,19H,7-8,10-11,18H2,1-3H3. The lowest BCUT2D eigenvalue weighted by Crippen LogP contribution is -2.45. The maximum absolute atomic E-state index is 5.81. The molecule has 0 saturated heterocycles. The Kier molecular flexibility index (Phi) is 5.94. The van der Waals surface area contributed by atoms with Gasteiger partial charge in [-0.3, -0.25) is 11.3 Å². The van der Waals surface area contributed by atoms with Gasteiger partial charge in [-0.2, -0.15) is 0 Å². The van der Waals surface area contributed by atoms with Crippen LogP contribution in [0, 0.1) is 24.7 Å². The lowest BCUT2D eigenvalue weighted by atomic mass is 9.73. The van der Waals surface area contributed by atoms with Crippen LogP contribution in [0.1, 0.15) is 38.7 Å². The number of benzene rings is 1. The summed E-state index contributed by atoms with van der Waals surface area (Å²) in [6.07, 6.45) is 3.97. The molecule has 2 rings (SSSR count). The average molecular weight is 292 g/mol. The molecule has 0 bridgehead atoms. The molecule has 20 heavy (non-hydrogen) atoms. The molecule has 1 aromatic carbocycles. The molecule has 3 heteroatoms. The fourth-order valence-corrected chi connectivity index (χ4v) is 4.35. The van der Waals surface area contributed by atoms with E-state index in [2.05, 4.69) is 50.5 Å². The van der Waals surface area contributed by atoms with E-state index in [4.69, 9.17) is 5.84 Å². The van der Waals surface area contributed by atoms with Crippen LogP contribution in [-0.4, -0.2) is 11.8 Å². The smallest absolute Gasteiger partial charge is 0.0332 e. The molecular weight excluding hydrogens is 264 g/mol. The summed E-state index contributed by atoms with van der Waals surface area (Å²) >= 11 is 1.92. The van der Waals surface area contributed by atoms with E-state index in [0.717, 1.165) is 23.5 Å². The molecule has 0 spiro atoms. The van der Waals surface area contributed by atoms with Gasteiger partial charge in [0.05, 0.1) is 0 Å². The molecule has 4 atom stereocenters. The van der Waals surface area contributed by atoms with E-state index < -0.39 is 0 Å². The Hall–Kier alpha value is -0.510. The van der Waals surface area contributed by atoms with Crippen LogP contribution in [-0.2, 0) is 0 Å². The second-order valence-electron chi connectivity index (χ2n) is 6.43. The molecule has 0 aromatic heterocycles. The number of aryl methyl sites for hydroxylation is 1. The zero-order chi connectivity index (χ0) is 14.5. The highest BCUT2D eigenvalue weighted by Gasteiger charge is 2.29. The minimum absolute atomic E-state index is 0.426. The van der Waals surface area contributed by atoms with Crippen LogP contribution in [0.15, 0.2) is 29.2 Å². The number of nitrogens with two attached hydrogens (primary N) is 1. The Bertz CT molecular complexity index is 421. The molecule has 1 aromatic rings. The summed E-state index contributed by atoms with van der Waals surface area (Å²) in [6, 6.07) is 9.15. The fourth-order valence-electron chi connectivity index (χ4n) is 3.17. The van der Waals surface area contributed by atoms with Gasteiger partial charge in [0.25, 0.3) is 0 Å². The number of hydrogen-bond donors (Lipinski definition) is 2. The molecule has 112 valence electrons. The van der Waals surface area contributed by atoms with Crippen molar-refractivity contribution in [2.75, 3.05) is 5.75 Å². The highest BCUT2D eigenvalue weighted by atomic mass is 32.2. The van der Waals surface area contributed by atoms with E-state index in [1.165, 1.54) is 29.7 Å². The molecule has 1 aliphatic carbocycles. The topological polar surface area (TPSA) is 38.0 Å². The zero-order valence-electron chi connectivity index (χ0n) is 12.9. The van der Waals surface area contributed by atoms with Gasteiger partial charge in [-0.15, -0.1) is 11.8 Å². The number of hydrogen-bond acceptors (Lipinski definition) is 3. The zero-order valence-corrected chi connectivity index (χ0v) is 13.7. The molecule has 0 aliphatic heterocycles. The van der Waals surface area contributed by atoms with E-state index in [0.29, 0.717) is 6.04 Å². The second kappa shape index (κ2) is 7.48. The number of rotatable bonds is 5. The first kappa shape index (κ1) is 15.9. The van der Waals surface area contributed by atoms with Gasteiger partial charge in [0.1, 0.15) is 0 Å². The van der Waals surface area contributed by atoms with Gasteiger partial charge in [-0.1, -0.05) is 38.0 Å². The van der Waals surface area contributed by atoms with Crippen molar-refractivity contribution in [1.29, 1.82) is 0 Å². The summed E-state index contributed by atoms with van der Waals surface area (Å²) in [7, 11) is 0. The van der Waals surface area contributed by atoms with Gasteiger partial charge in [-0.25, -0.2) is 0 Å². The Morgan fingerprint density at radius 3 is 2.75 bits per heavy atom. The lowest BCUT2D eigenvalue weighted by Gasteiger charge is -2.36. The van der Waals surface area contributed by atoms with Crippen molar-refractivity contribution >= 4 is 11.8 Å². The van der Waals surface area contributed by atoms with Crippen molar-refractivity contribution < 1.29 is 0 Å². The van der Waals surface area contributed by atoms with Gasteiger partial charge in [0.2, 0.25) is 0 Å². The number of hydrazine groups is 1. The Morgan fingerprint density at radius 1 is 1.30 bits per heavy atom. The monoisotopic (exact) mass is 292 g/mol. The van der Waals surface area contributed by atoms with Crippen LogP contribution >= 0.6 is 11.8 Å². The number of thioether (sulfide) groups is 1. The molecule has 0 amide bonds. The van der Waals surface area contributed by atoms with Crippen molar-refractivity contribution in [3.8, 4) is 0 Å². The summed E-state index contributed by atoms with van der Waals surface area (Å²) in [6.45, 7) is 6.91. The average Bonchev–Trinajstić information content (AvgIpc) is 2.43. The summed E-state index contributed by atoms with van der Waals surface area (Å²) in [4.78, 5) is 1.35. The minimum Gasteiger partial charge on any atom is -0.271 e. The van der Waals surface area contributed by atoms with Gasteiger partial charge in [0, 0.05) is 16.7 Å². The summed E-state index contributed by atoms with van der Waals surface area (Å²) in [5.74, 6) is 9.30. The first-order chi connectivity index (χ1) is 9.60. The van der Waals surface area contributed by atoms with E-state index in [1.807, 2.05) is 11.8 Å². The van der Waals surface area contributed by atoms with Crippen LogP contribution in [0.5, 0.6) is 0 Å². The van der Waals surface area contributed by atoms with Gasteiger partial charge < -0.3 is 0 Å². The maximum Gasteiger partial charge on any atom is 0.0332 e. The van der Waals surface area contributed by atoms with Crippen molar-refractivity contribution in [2.45, 2.75) is 51.0 Å². The van der Waals surface area contributed by atoms with Crippen LogP contribution in [0.3, 0.4) is 0 Å². The van der Waals surface area contributed by atoms with Crippen molar-refractivity contribution in [3.63, 3.8) is 0 Å². The van der Waals surface area contributed by atoms with Crippen LogP contribution in [0.2, 0.25) is 0 Å². The third kappa shape index (κ3) is 4.24. The number of nitrogens with one attached hydrogen (secondary N) is 1. The van der Waals surface area contributed by atoms with Crippen molar-refractivity contribution in [1.82, 2.24) is 5.43 Å². The summed E-state index contributed by atoms with van der Waals surface area (Å²) in [5.41, 5.74) is 4.40. The summed E-state index contributed by atoms with van der Waals surface area (Å²) in [5, 5.41) is 0. The molecule has 0 heterocycles. The SMILES string of the molecule is Cc1cccc(SCC(NN)C2CCC(C)C(C)C2)c1. The van der Waals surface area contributed by atoms with E-state index in [9.17, 15) is 0 Å². The molecule has 1 fully saturated rings. The second-order valence-corrected chi connectivity index (χ2v) is 7.52. The van der Waals surface area contributed by atoms with Gasteiger partial charge in [-0.05, 0) is 49.7 Å². The first-order valence-corrected chi connectivity index (χ1v) is 8.74. The van der Waals surface area contributed by atoms with E-state index >= 15 is 0 Å². The highest BCUT2D eigenvalue weighted by Crippen LogP contribution is 2.36. The first-order valence-electron chi connectivity index (χ1n) is 7.75. The van der Waals surface area contributed by atoms with Crippen LogP contribution < -0.4 is 11.3 Å². The fraction of sp³-hybridized carbons (Fsp3) is 0.647. The van der Waals surface area contributed by atoms with Gasteiger partial charge in [0.15, 0.2) is 0 Å². The predicted molar refractivity (Wildman–Crippen MR) is 88.7 cm³/mol. The van der Waals surface area contributed by atoms with Gasteiger partial charge >= 0.3 is 0 Å². The molecule has 2 nitrogen and oxygen atoms in total. The minimum atomic E-state index is 0.426. The quantitative estimate of drug-likeness (QED) is 0.489. The Labute approximate surface area is 127 Å². The van der Waals surface area contributed by atoms with E-state index in [1.54, 1.807) is 0 Å². The molecule has 1 saturated carbocycles. The molecule has 1 aliphatic rings. The molecule has 3 N–H and O–H groups in total. The largest absolute Gasteiger partial charge is 0.271 e.